The molecule has 3 nitrogen and oxygen atoms in total. The van der Waals surface area contributed by atoms with E-state index in [0.29, 0.717) is 16.9 Å². The molecule has 0 radical (unpaired) electrons. The lowest BCUT2D eigenvalue weighted by atomic mass is 9.99. The van der Waals surface area contributed by atoms with Crippen molar-refractivity contribution < 1.29 is 13.9 Å². The summed E-state index contributed by atoms with van der Waals surface area (Å²) in [6.07, 6.45) is 4.03. The van der Waals surface area contributed by atoms with E-state index in [2.05, 4.69) is 6.07 Å². The average molecular weight is 321 g/mol. The fourth-order valence-corrected chi connectivity index (χ4v) is 3.84. The number of anilines is 1. The van der Waals surface area contributed by atoms with Gasteiger partial charge in [0.05, 0.1) is 5.57 Å². The normalized spacial score (nSPS) is 19.4. The van der Waals surface area contributed by atoms with Crippen LogP contribution in [-0.2, 0) is 10.2 Å². The van der Waals surface area contributed by atoms with Crippen molar-refractivity contribution in [1.82, 2.24) is 0 Å². The maximum atomic E-state index is 13.5. The van der Waals surface area contributed by atoms with Gasteiger partial charge in [-0.05, 0) is 48.7 Å². The van der Waals surface area contributed by atoms with E-state index in [4.69, 9.17) is 4.74 Å². The van der Waals surface area contributed by atoms with Crippen LogP contribution in [0.4, 0.5) is 10.1 Å². The first kappa shape index (κ1) is 13.8. The number of benzene rings is 2. The molecule has 0 bridgehead atoms. The third-order valence-electron chi connectivity index (χ3n) is 5.29. The molecule has 0 saturated heterocycles. The first-order valence-corrected chi connectivity index (χ1v) is 8.21. The van der Waals surface area contributed by atoms with Gasteiger partial charge < -0.3 is 9.64 Å². The zero-order valence-electron chi connectivity index (χ0n) is 13.1. The standard InChI is InChI=1S/C20H16FNO2/c21-15-5-6-18-13(10-15)9-14(11-24-18)19(23)22-12-20(7-8-20)16-3-1-2-4-17(16)22/h1-6,9-10H,7-8,11-12H2. The van der Waals surface area contributed by atoms with Crippen molar-refractivity contribution >= 4 is 17.7 Å². The molecule has 1 aliphatic carbocycles. The Morgan fingerprint density at radius 3 is 2.83 bits per heavy atom. The molecule has 1 spiro atoms. The van der Waals surface area contributed by atoms with E-state index in [1.165, 1.54) is 17.7 Å². The van der Waals surface area contributed by atoms with Gasteiger partial charge in [0, 0.05) is 23.2 Å². The molecule has 0 aromatic heterocycles. The lowest BCUT2D eigenvalue weighted by Crippen LogP contribution is -2.34. The molecule has 0 atom stereocenters. The van der Waals surface area contributed by atoms with Crippen LogP contribution in [-0.4, -0.2) is 19.1 Å². The van der Waals surface area contributed by atoms with Gasteiger partial charge in [0.1, 0.15) is 18.2 Å². The van der Waals surface area contributed by atoms with Crippen LogP contribution in [0.25, 0.3) is 6.08 Å². The van der Waals surface area contributed by atoms with Crippen molar-refractivity contribution in [3.05, 3.63) is 65.0 Å². The highest BCUT2D eigenvalue weighted by Crippen LogP contribution is 2.56. The lowest BCUT2D eigenvalue weighted by Gasteiger charge is -2.23. The van der Waals surface area contributed by atoms with Crippen molar-refractivity contribution in [3.8, 4) is 5.75 Å². The second kappa shape index (κ2) is 4.69. The minimum atomic E-state index is -0.328. The summed E-state index contributed by atoms with van der Waals surface area (Å²) >= 11 is 0. The van der Waals surface area contributed by atoms with Crippen LogP contribution in [0.1, 0.15) is 24.0 Å². The summed E-state index contributed by atoms with van der Waals surface area (Å²) in [5.41, 5.74) is 3.64. The Morgan fingerprint density at radius 1 is 1.17 bits per heavy atom. The molecule has 0 N–H and O–H groups in total. The molecule has 120 valence electrons. The zero-order chi connectivity index (χ0) is 16.3. The summed E-state index contributed by atoms with van der Waals surface area (Å²) in [5, 5.41) is 0. The fraction of sp³-hybridized carbons (Fsp3) is 0.250. The summed E-state index contributed by atoms with van der Waals surface area (Å²) in [6.45, 7) is 0.960. The van der Waals surface area contributed by atoms with Crippen LogP contribution in [0, 0.1) is 5.82 Å². The molecule has 4 heteroatoms. The van der Waals surface area contributed by atoms with Crippen LogP contribution in [0.5, 0.6) is 5.75 Å². The number of hydrogen-bond acceptors (Lipinski definition) is 2. The lowest BCUT2D eigenvalue weighted by molar-refractivity contribution is -0.115. The van der Waals surface area contributed by atoms with E-state index in [1.807, 2.05) is 23.1 Å². The molecule has 1 saturated carbocycles. The highest BCUT2D eigenvalue weighted by atomic mass is 19.1. The molecule has 24 heavy (non-hydrogen) atoms. The van der Waals surface area contributed by atoms with E-state index in [1.54, 1.807) is 12.1 Å². The summed E-state index contributed by atoms with van der Waals surface area (Å²) in [6, 6.07) is 12.5. The number of halogens is 1. The third kappa shape index (κ3) is 1.92. The van der Waals surface area contributed by atoms with E-state index >= 15 is 0 Å². The van der Waals surface area contributed by atoms with Gasteiger partial charge in [0.2, 0.25) is 0 Å². The first-order valence-electron chi connectivity index (χ1n) is 8.21. The second-order valence-electron chi connectivity index (χ2n) is 6.83. The fourth-order valence-electron chi connectivity index (χ4n) is 3.84. The Hall–Kier alpha value is -2.62. The number of hydrogen-bond donors (Lipinski definition) is 0. The predicted molar refractivity (Wildman–Crippen MR) is 89.6 cm³/mol. The number of nitrogens with zero attached hydrogens (tertiary/aromatic N) is 1. The Bertz CT molecular complexity index is 898. The minimum absolute atomic E-state index is 0.0406. The molecule has 2 aromatic rings. The number of para-hydroxylation sites is 1. The summed E-state index contributed by atoms with van der Waals surface area (Å²) in [4.78, 5) is 14.9. The van der Waals surface area contributed by atoms with Crippen molar-refractivity contribution in [1.29, 1.82) is 0 Å². The van der Waals surface area contributed by atoms with Gasteiger partial charge in [0.15, 0.2) is 0 Å². The van der Waals surface area contributed by atoms with Crippen molar-refractivity contribution in [2.24, 2.45) is 0 Å². The smallest absolute Gasteiger partial charge is 0.257 e. The molecular formula is C20H16FNO2. The van der Waals surface area contributed by atoms with Crippen LogP contribution < -0.4 is 9.64 Å². The maximum absolute atomic E-state index is 13.5. The van der Waals surface area contributed by atoms with Gasteiger partial charge in [-0.2, -0.15) is 0 Å². The topological polar surface area (TPSA) is 29.5 Å². The summed E-state index contributed by atoms with van der Waals surface area (Å²) in [5.74, 6) is 0.250. The average Bonchev–Trinajstić information content (AvgIpc) is 3.31. The van der Waals surface area contributed by atoms with E-state index in [-0.39, 0.29) is 23.7 Å². The third-order valence-corrected chi connectivity index (χ3v) is 5.29. The number of amides is 1. The quantitative estimate of drug-likeness (QED) is 0.802. The number of carbonyl (C=O) groups excluding carboxylic acids is 1. The SMILES string of the molecule is O=C(C1=Cc2cc(F)ccc2OC1)N1CC2(CC2)c2ccccc21. The first-order chi connectivity index (χ1) is 11.7. The van der Waals surface area contributed by atoms with Crippen LogP contribution >= 0.6 is 0 Å². The molecular weight excluding hydrogens is 305 g/mol. The molecule has 5 rings (SSSR count). The monoisotopic (exact) mass is 321 g/mol. The van der Waals surface area contributed by atoms with Crippen LogP contribution in [0.2, 0.25) is 0 Å². The molecule has 3 aliphatic rings. The zero-order valence-corrected chi connectivity index (χ0v) is 13.1. The molecule has 2 heterocycles. The molecule has 1 fully saturated rings. The van der Waals surface area contributed by atoms with Gasteiger partial charge in [-0.15, -0.1) is 0 Å². The summed E-state index contributed by atoms with van der Waals surface area (Å²) in [7, 11) is 0. The van der Waals surface area contributed by atoms with Gasteiger partial charge in [-0.25, -0.2) is 4.39 Å². The van der Waals surface area contributed by atoms with Crippen molar-refractivity contribution in [2.45, 2.75) is 18.3 Å². The number of fused-ring (bicyclic) bond motifs is 3. The Kier molecular flexibility index (Phi) is 2.70. The van der Waals surface area contributed by atoms with E-state index in [0.717, 1.165) is 25.1 Å². The van der Waals surface area contributed by atoms with E-state index < -0.39 is 0 Å². The number of carbonyl (C=O) groups is 1. The van der Waals surface area contributed by atoms with Gasteiger partial charge >= 0.3 is 0 Å². The predicted octanol–water partition coefficient (Wildman–Crippen LogP) is 3.68. The molecule has 0 unspecified atom stereocenters. The van der Waals surface area contributed by atoms with Crippen molar-refractivity contribution in [2.75, 3.05) is 18.1 Å². The van der Waals surface area contributed by atoms with Crippen LogP contribution in [0.3, 0.4) is 0 Å². The minimum Gasteiger partial charge on any atom is -0.488 e. The Balaban J connectivity index is 1.52. The van der Waals surface area contributed by atoms with Gasteiger partial charge in [-0.3, -0.25) is 4.79 Å². The maximum Gasteiger partial charge on any atom is 0.257 e. The molecule has 2 aliphatic heterocycles. The van der Waals surface area contributed by atoms with Crippen molar-refractivity contribution in [3.63, 3.8) is 0 Å². The highest BCUT2D eigenvalue weighted by Gasteiger charge is 2.53. The summed E-state index contributed by atoms with van der Waals surface area (Å²) < 4.78 is 19.1. The van der Waals surface area contributed by atoms with E-state index in [9.17, 15) is 9.18 Å². The second-order valence-corrected chi connectivity index (χ2v) is 6.83. The van der Waals surface area contributed by atoms with Gasteiger partial charge in [-0.1, -0.05) is 18.2 Å². The highest BCUT2D eigenvalue weighted by molar-refractivity contribution is 6.10. The number of rotatable bonds is 1. The molecule has 1 amide bonds. The van der Waals surface area contributed by atoms with Crippen LogP contribution in [0.15, 0.2) is 48.0 Å². The Labute approximate surface area is 139 Å². The largest absolute Gasteiger partial charge is 0.488 e. The Morgan fingerprint density at radius 2 is 2.00 bits per heavy atom. The molecule has 2 aromatic carbocycles. The van der Waals surface area contributed by atoms with Gasteiger partial charge in [0.25, 0.3) is 5.91 Å². The number of ether oxygens (including phenoxy) is 1.